The van der Waals surface area contributed by atoms with Crippen molar-refractivity contribution in [2.45, 2.75) is 18.3 Å². The van der Waals surface area contributed by atoms with E-state index in [0.29, 0.717) is 35.8 Å². The van der Waals surface area contributed by atoms with Crippen LogP contribution in [-0.2, 0) is 4.79 Å². The second-order valence-corrected chi connectivity index (χ2v) is 7.25. The number of carbonyl (C=O) groups is 1. The van der Waals surface area contributed by atoms with Crippen molar-refractivity contribution in [1.29, 1.82) is 0 Å². The molecule has 0 fully saturated rings. The molecule has 0 bridgehead atoms. The SMILES string of the molecule is Cc1occc1-c1nnc(SCC(=O)N(C)C[C@H]2COc3ccccc3O2)o1. The van der Waals surface area contributed by atoms with Gasteiger partial charge in [0, 0.05) is 7.05 Å². The summed E-state index contributed by atoms with van der Waals surface area (Å²) in [7, 11) is 1.74. The van der Waals surface area contributed by atoms with Gasteiger partial charge in [-0.05, 0) is 25.1 Å². The van der Waals surface area contributed by atoms with Crippen molar-refractivity contribution in [3.8, 4) is 23.0 Å². The van der Waals surface area contributed by atoms with E-state index in [1.54, 1.807) is 24.3 Å². The summed E-state index contributed by atoms with van der Waals surface area (Å²) in [5.74, 6) is 2.62. The van der Waals surface area contributed by atoms with Gasteiger partial charge in [0.15, 0.2) is 17.6 Å². The number of aromatic nitrogens is 2. The number of thioether (sulfide) groups is 1. The monoisotopic (exact) mass is 401 g/mol. The molecule has 0 aliphatic carbocycles. The average Bonchev–Trinajstić information content (AvgIpc) is 3.34. The fourth-order valence-corrected chi connectivity index (χ4v) is 3.48. The Kier molecular flexibility index (Phi) is 5.25. The first-order chi connectivity index (χ1) is 13.6. The van der Waals surface area contributed by atoms with Gasteiger partial charge in [0.05, 0.1) is 24.1 Å². The van der Waals surface area contributed by atoms with Crippen LogP contribution < -0.4 is 9.47 Å². The molecule has 0 N–H and O–H groups in total. The van der Waals surface area contributed by atoms with Gasteiger partial charge < -0.3 is 23.2 Å². The molecule has 1 amide bonds. The second kappa shape index (κ2) is 7.97. The van der Waals surface area contributed by atoms with Crippen molar-refractivity contribution in [3.05, 3.63) is 42.4 Å². The van der Waals surface area contributed by atoms with E-state index in [-0.39, 0.29) is 17.8 Å². The van der Waals surface area contributed by atoms with Crippen LogP contribution in [0.3, 0.4) is 0 Å². The molecular formula is C19H19N3O5S. The van der Waals surface area contributed by atoms with Crippen molar-refractivity contribution >= 4 is 17.7 Å². The number of nitrogens with zero attached hydrogens (tertiary/aromatic N) is 3. The van der Waals surface area contributed by atoms with Crippen LogP contribution in [0.25, 0.3) is 11.5 Å². The first kappa shape index (κ1) is 18.4. The van der Waals surface area contributed by atoms with Crippen molar-refractivity contribution in [2.75, 3.05) is 26.0 Å². The maximum Gasteiger partial charge on any atom is 0.277 e. The van der Waals surface area contributed by atoms with E-state index in [2.05, 4.69) is 10.2 Å². The second-order valence-electron chi connectivity index (χ2n) is 6.32. The van der Waals surface area contributed by atoms with Crippen molar-refractivity contribution in [3.63, 3.8) is 0 Å². The highest BCUT2D eigenvalue weighted by Crippen LogP contribution is 2.31. The number of hydrogen-bond donors (Lipinski definition) is 0. The molecule has 1 aliphatic heterocycles. The Labute approximate surface area is 165 Å². The Morgan fingerprint density at radius 2 is 2.07 bits per heavy atom. The van der Waals surface area contributed by atoms with E-state index in [9.17, 15) is 4.79 Å². The first-order valence-electron chi connectivity index (χ1n) is 8.73. The molecule has 1 aromatic carbocycles. The fourth-order valence-electron chi connectivity index (χ4n) is 2.78. The van der Waals surface area contributed by atoms with E-state index in [1.807, 2.05) is 31.2 Å². The van der Waals surface area contributed by atoms with E-state index < -0.39 is 0 Å². The van der Waals surface area contributed by atoms with Crippen LogP contribution in [0.4, 0.5) is 0 Å². The Morgan fingerprint density at radius 1 is 1.25 bits per heavy atom. The lowest BCUT2D eigenvalue weighted by Gasteiger charge is -2.29. The van der Waals surface area contributed by atoms with Crippen molar-refractivity contribution in [2.24, 2.45) is 0 Å². The molecule has 4 rings (SSSR count). The Bertz CT molecular complexity index is 970. The summed E-state index contributed by atoms with van der Waals surface area (Å²) in [5.41, 5.74) is 0.748. The lowest BCUT2D eigenvalue weighted by Crippen LogP contribution is -2.42. The molecule has 0 unspecified atom stereocenters. The predicted octanol–water partition coefficient (Wildman–Crippen LogP) is 3.03. The zero-order chi connectivity index (χ0) is 19.5. The van der Waals surface area contributed by atoms with Gasteiger partial charge in [-0.15, -0.1) is 10.2 Å². The van der Waals surface area contributed by atoms with E-state index in [1.165, 1.54) is 11.8 Å². The Balaban J connectivity index is 1.28. The van der Waals surface area contributed by atoms with Gasteiger partial charge in [0.2, 0.25) is 5.91 Å². The number of benzene rings is 1. The number of fused-ring (bicyclic) bond motifs is 1. The number of carbonyl (C=O) groups excluding carboxylic acids is 1. The summed E-state index contributed by atoms with van der Waals surface area (Å²) < 4.78 is 22.4. The minimum atomic E-state index is -0.215. The van der Waals surface area contributed by atoms with Crippen LogP contribution in [0.15, 0.2) is 50.7 Å². The Hall–Kier alpha value is -2.94. The van der Waals surface area contributed by atoms with Crippen molar-refractivity contribution in [1.82, 2.24) is 15.1 Å². The van der Waals surface area contributed by atoms with E-state index in [4.69, 9.17) is 18.3 Å². The number of ether oxygens (including phenoxy) is 2. The lowest BCUT2D eigenvalue weighted by molar-refractivity contribution is -0.128. The summed E-state index contributed by atoms with van der Waals surface area (Å²) in [6.45, 7) is 2.65. The smallest absolute Gasteiger partial charge is 0.277 e. The van der Waals surface area contributed by atoms with E-state index in [0.717, 1.165) is 11.3 Å². The van der Waals surface area contributed by atoms with Crippen LogP contribution in [0.5, 0.6) is 11.5 Å². The number of furan rings is 1. The van der Waals surface area contributed by atoms with Gasteiger partial charge in [-0.1, -0.05) is 23.9 Å². The average molecular weight is 401 g/mol. The zero-order valence-corrected chi connectivity index (χ0v) is 16.3. The number of amides is 1. The Morgan fingerprint density at radius 3 is 2.86 bits per heavy atom. The topological polar surface area (TPSA) is 90.8 Å². The molecule has 1 atom stereocenters. The van der Waals surface area contributed by atoms with Crippen LogP contribution in [0.2, 0.25) is 0 Å². The minimum Gasteiger partial charge on any atom is -0.486 e. The highest BCUT2D eigenvalue weighted by Gasteiger charge is 2.24. The summed E-state index contributed by atoms with van der Waals surface area (Å²) in [5, 5.41) is 8.31. The van der Waals surface area contributed by atoms with Crippen LogP contribution in [0, 0.1) is 6.92 Å². The van der Waals surface area contributed by atoms with E-state index >= 15 is 0 Å². The minimum absolute atomic E-state index is 0.0632. The molecule has 0 radical (unpaired) electrons. The third-order valence-electron chi connectivity index (χ3n) is 4.29. The predicted molar refractivity (Wildman–Crippen MR) is 101 cm³/mol. The number of likely N-dealkylation sites (N-methyl/N-ethyl adjacent to an activating group) is 1. The molecule has 146 valence electrons. The maximum atomic E-state index is 12.4. The van der Waals surface area contributed by atoms with Gasteiger partial charge in [-0.3, -0.25) is 4.79 Å². The molecular weight excluding hydrogens is 382 g/mol. The first-order valence-corrected chi connectivity index (χ1v) is 9.72. The summed E-state index contributed by atoms with van der Waals surface area (Å²) >= 11 is 1.20. The number of rotatable bonds is 6. The highest BCUT2D eigenvalue weighted by molar-refractivity contribution is 7.99. The third-order valence-corrected chi connectivity index (χ3v) is 5.09. The molecule has 0 spiro atoms. The molecule has 3 aromatic rings. The molecule has 28 heavy (non-hydrogen) atoms. The lowest BCUT2D eigenvalue weighted by atomic mass is 10.2. The van der Waals surface area contributed by atoms with Crippen LogP contribution in [-0.4, -0.2) is 53.1 Å². The number of hydrogen-bond acceptors (Lipinski definition) is 8. The van der Waals surface area contributed by atoms with Gasteiger partial charge in [-0.2, -0.15) is 0 Å². The molecule has 0 saturated carbocycles. The summed E-state index contributed by atoms with van der Waals surface area (Å²) in [6.07, 6.45) is 1.35. The largest absolute Gasteiger partial charge is 0.486 e. The molecule has 8 nitrogen and oxygen atoms in total. The summed E-state index contributed by atoms with van der Waals surface area (Å²) in [6, 6.07) is 9.27. The van der Waals surface area contributed by atoms with Gasteiger partial charge in [0.25, 0.3) is 11.1 Å². The summed E-state index contributed by atoms with van der Waals surface area (Å²) in [4.78, 5) is 14.0. The van der Waals surface area contributed by atoms with Crippen LogP contribution >= 0.6 is 11.8 Å². The van der Waals surface area contributed by atoms with Crippen LogP contribution in [0.1, 0.15) is 5.76 Å². The van der Waals surface area contributed by atoms with Gasteiger partial charge in [-0.25, -0.2) is 0 Å². The quantitative estimate of drug-likeness (QED) is 0.582. The number of aryl methyl sites for hydroxylation is 1. The molecule has 2 aromatic heterocycles. The molecule has 9 heteroatoms. The standard InChI is InChI=1S/C19H19N3O5S/c1-12-14(7-8-24-12)18-20-21-19(27-18)28-11-17(23)22(2)9-13-10-25-15-5-3-4-6-16(15)26-13/h3-8,13H,9-11H2,1-2H3/t13-/m0/s1. The number of para-hydroxylation sites is 2. The normalized spacial score (nSPS) is 15.4. The fraction of sp³-hybridized carbons (Fsp3) is 0.316. The maximum absolute atomic E-state index is 12.4. The van der Waals surface area contributed by atoms with Gasteiger partial charge in [0.1, 0.15) is 12.4 Å². The van der Waals surface area contributed by atoms with Gasteiger partial charge >= 0.3 is 0 Å². The molecule has 0 saturated heterocycles. The van der Waals surface area contributed by atoms with Crippen molar-refractivity contribution < 1.29 is 23.1 Å². The zero-order valence-electron chi connectivity index (χ0n) is 15.5. The highest BCUT2D eigenvalue weighted by atomic mass is 32.2. The third kappa shape index (κ3) is 3.99. The molecule has 3 heterocycles. The molecule has 1 aliphatic rings.